The Labute approximate surface area is 77.6 Å². The summed E-state index contributed by atoms with van der Waals surface area (Å²) in [7, 11) is 1.77. The van der Waals surface area contributed by atoms with E-state index in [9.17, 15) is 5.11 Å². The van der Waals surface area contributed by atoms with Gasteiger partial charge in [-0.15, -0.1) is 0 Å². The molecule has 0 radical (unpaired) electrons. The van der Waals surface area contributed by atoms with Gasteiger partial charge in [-0.1, -0.05) is 6.92 Å². The highest BCUT2D eigenvalue weighted by atomic mass is 16.3. The highest BCUT2D eigenvalue weighted by Crippen LogP contribution is 2.56. The zero-order valence-electron chi connectivity index (χ0n) is 8.06. The van der Waals surface area contributed by atoms with Crippen molar-refractivity contribution in [1.82, 2.24) is 15.0 Å². The Bertz CT molecular complexity index is 304. The summed E-state index contributed by atoms with van der Waals surface area (Å²) in [5.41, 5.74) is 0.817. The van der Waals surface area contributed by atoms with Crippen LogP contribution in [-0.2, 0) is 7.05 Å². The summed E-state index contributed by atoms with van der Waals surface area (Å²) in [6, 6.07) is 0. The SMILES string of the molecule is CCC1(C(O)c2cnn(C)n2)CC1. The molecule has 1 aliphatic carbocycles. The number of rotatable bonds is 3. The Morgan fingerprint density at radius 3 is 2.77 bits per heavy atom. The van der Waals surface area contributed by atoms with Gasteiger partial charge in [0, 0.05) is 12.5 Å². The normalized spacial score (nSPS) is 21.5. The van der Waals surface area contributed by atoms with Crippen LogP contribution in [0.3, 0.4) is 0 Å². The number of hydrogen-bond acceptors (Lipinski definition) is 3. The van der Waals surface area contributed by atoms with Crippen LogP contribution in [0, 0.1) is 5.41 Å². The lowest BCUT2D eigenvalue weighted by Crippen LogP contribution is -2.13. The Morgan fingerprint density at radius 2 is 2.38 bits per heavy atom. The number of hydrogen-bond donors (Lipinski definition) is 1. The summed E-state index contributed by atoms with van der Waals surface area (Å²) in [6.45, 7) is 2.12. The van der Waals surface area contributed by atoms with E-state index in [4.69, 9.17) is 0 Å². The van der Waals surface area contributed by atoms with E-state index in [1.54, 1.807) is 13.2 Å². The van der Waals surface area contributed by atoms with E-state index in [0.29, 0.717) is 5.69 Å². The van der Waals surface area contributed by atoms with Crippen molar-refractivity contribution in [1.29, 1.82) is 0 Å². The van der Waals surface area contributed by atoms with Gasteiger partial charge in [-0.3, -0.25) is 0 Å². The molecule has 1 atom stereocenters. The molecule has 0 bridgehead atoms. The summed E-state index contributed by atoms with van der Waals surface area (Å²) < 4.78 is 0. The Balaban J connectivity index is 2.17. The molecule has 0 amide bonds. The Morgan fingerprint density at radius 1 is 1.69 bits per heavy atom. The molecular formula is C9H15N3O. The van der Waals surface area contributed by atoms with E-state index in [1.807, 2.05) is 0 Å². The van der Waals surface area contributed by atoms with Crippen LogP contribution in [-0.4, -0.2) is 20.1 Å². The minimum atomic E-state index is -0.425. The number of aliphatic hydroxyl groups excluding tert-OH is 1. The first kappa shape index (κ1) is 8.69. The van der Waals surface area contributed by atoms with Crippen molar-refractivity contribution in [3.05, 3.63) is 11.9 Å². The molecule has 1 N–H and O–H groups in total. The summed E-state index contributed by atoms with van der Waals surface area (Å²) in [5.74, 6) is 0. The van der Waals surface area contributed by atoms with Crippen LogP contribution in [0.4, 0.5) is 0 Å². The first-order chi connectivity index (χ1) is 6.18. The van der Waals surface area contributed by atoms with Crippen LogP contribution in [0.1, 0.15) is 38.0 Å². The second-order valence-corrected chi connectivity index (χ2v) is 3.88. The molecule has 1 aromatic rings. The topological polar surface area (TPSA) is 50.9 Å². The number of nitrogens with zero attached hydrogens (tertiary/aromatic N) is 3. The van der Waals surface area contributed by atoms with E-state index in [0.717, 1.165) is 19.3 Å². The van der Waals surface area contributed by atoms with Crippen LogP contribution < -0.4 is 0 Å². The molecule has 1 aromatic heterocycles. The van der Waals surface area contributed by atoms with E-state index in [2.05, 4.69) is 17.1 Å². The molecule has 0 saturated heterocycles. The maximum Gasteiger partial charge on any atom is 0.112 e. The summed E-state index contributed by atoms with van der Waals surface area (Å²) in [4.78, 5) is 1.49. The monoisotopic (exact) mass is 181 g/mol. The second-order valence-electron chi connectivity index (χ2n) is 3.88. The van der Waals surface area contributed by atoms with Crippen molar-refractivity contribution in [3.8, 4) is 0 Å². The fourth-order valence-corrected chi connectivity index (χ4v) is 1.78. The van der Waals surface area contributed by atoms with E-state index < -0.39 is 6.10 Å². The predicted molar refractivity (Wildman–Crippen MR) is 47.9 cm³/mol. The summed E-state index contributed by atoms with van der Waals surface area (Å²) in [5, 5.41) is 18.1. The lowest BCUT2D eigenvalue weighted by Gasteiger charge is -2.17. The Hall–Kier alpha value is -0.900. The first-order valence-electron chi connectivity index (χ1n) is 4.72. The van der Waals surface area contributed by atoms with Crippen molar-refractivity contribution in [2.45, 2.75) is 32.3 Å². The molecule has 72 valence electrons. The van der Waals surface area contributed by atoms with Gasteiger partial charge < -0.3 is 5.11 Å². The molecular weight excluding hydrogens is 166 g/mol. The maximum atomic E-state index is 10.0. The van der Waals surface area contributed by atoms with Crippen molar-refractivity contribution < 1.29 is 5.11 Å². The second kappa shape index (κ2) is 2.80. The highest BCUT2D eigenvalue weighted by molar-refractivity contribution is 5.09. The van der Waals surface area contributed by atoms with Gasteiger partial charge >= 0.3 is 0 Å². The molecule has 0 spiro atoms. The quantitative estimate of drug-likeness (QED) is 0.758. The summed E-state index contributed by atoms with van der Waals surface area (Å²) in [6.07, 6.45) is 4.47. The standard InChI is InChI=1S/C9H15N3O/c1-3-9(4-5-9)8(13)7-6-10-12(2)11-7/h6,8,13H,3-5H2,1-2H3. The van der Waals surface area contributed by atoms with Gasteiger partial charge in [-0.05, 0) is 19.3 Å². The molecule has 13 heavy (non-hydrogen) atoms. The fraction of sp³-hybridized carbons (Fsp3) is 0.778. The third-order valence-corrected chi connectivity index (χ3v) is 3.07. The van der Waals surface area contributed by atoms with Crippen molar-refractivity contribution in [3.63, 3.8) is 0 Å². The lowest BCUT2D eigenvalue weighted by molar-refractivity contribution is 0.0856. The van der Waals surface area contributed by atoms with Gasteiger partial charge in [0.15, 0.2) is 0 Å². The van der Waals surface area contributed by atoms with Crippen molar-refractivity contribution in [2.24, 2.45) is 12.5 Å². The van der Waals surface area contributed by atoms with Crippen LogP contribution in [0.2, 0.25) is 0 Å². The van der Waals surface area contributed by atoms with Crippen molar-refractivity contribution >= 4 is 0 Å². The smallest absolute Gasteiger partial charge is 0.112 e. The minimum absolute atomic E-state index is 0.107. The van der Waals surface area contributed by atoms with Crippen LogP contribution in [0.15, 0.2) is 6.20 Å². The number of aryl methyl sites for hydroxylation is 1. The predicted octanol–water partition coefficient (Wildman–Crippen LogP) is 1.04. The van der Waals surface area contributed by atoms with E-state index in [1.165, 1.54) is 4.80 Å². The highest BCUT2D eigenvalue weighted by Gasteiger charge is 2.48. The van der Waals surface area contributed by atoms with Gasteiger partial charge in [0.25, 0.3) is 0 Å². The Kier molecular flexibility index (Phi) is 1.87. The number of aromatic nitrogens is 3. The number of aliphatic hydroxyl groups is 1. The third kappa shape index (κ3) is 1.35. The van der Waals surface area contributed by atoms with E-state index >= 15 is 0 Å². The van der Waals surface area contributed by atoms with Crippen LogP contribution >= 0.6 is 0 Å². The largest absolute Gasteiger partial charge is 0.386 e. The molecule has 1 saturated carbocycles. The van der Waals surface area contributed by atoms with Crippen LogP contribution in [0.25, 0.3) is 0 Å². The molecule has 0 aliphatic heterocycles. The molecule has 2 rings (SSSR count). The first-order valence-corrected chi connectivity index (χ1v) is 4.72. The van der Waals surface area contributed by atoms with Crippen molar-refractivity contribution in [2.75, 3.05) is 0 Å². The maximum absolute atomic E-state index is 10.0. The van der Waals surface area contributed by atoms with E-state index in [-0.39, 0.29) is 5.41 Å². The molecule has 1 aliphatic rings. The summed E-state index contributed by atoms with van der Waals surface area (Å²) >= 11 is 0. The zero-order chi connectivity index (χ0) is 9.47. The van der Waals surface area contributed by atoms with Gasteiger partial charge in [0.1, 0.15) is 11.8 Å². The molecule has 1 unspecified atom stereocenters. The molecule has 1 heterocycles. The lowest BCUT2D eigenvalue weighted by atomic mass is 9.94. The molecule has 1 fully saturated rings. The fourth-order valence-electron chi connectivity index (χ4n) is 1.78. The average Bonchev–Trinajstić information content (AvgIpc) is 2.82. The molecule has 0 aromatic carbocycles. The average molecular weight is 181 g/mol. The molecule has 4 heteroatoms. The minimum Gasteiger partial charge on any atom is -0.386 e. The van der Waals surface area contributed by atoms with Gasteiger partial charge in [0.05, 0.1) is 6.20 Å². The van der Waals surface area contributed by atoms with Crippen LogP contribution in [0.5, 0.6) is 0 Å². The molecule has 4 nitrogen and oxygen atoms in total. The third-order valence-electron chi connectivity index (χ3n) is 3.07. The zero-order valence-corrected chi connectivity index (χ0v) is 8.06. The van der Waals surface area contributed by atoms with Gasteiger partial charge in [0.2, 0.25) is 0 Å². The van der Waals surface area contributed by atoms with Gasteiger partial charge in [-0.25, -0.2) is 0 Å². The van der Waals surface area contributed by atoms with Gasteiger partial charge in [-0.2, -0.15) is 15.0 Å².